The van der Waals surface area contributed by atoms with Crippen molar-refractivity contribution in [2.45, 2.75) is 50.2 Å². The SMILES string of the molecule is COC1(C(N)Cc2nc3ccccc3n2C)CCCCC1. The van der Waals surface area contributed by atoms with Gasteiger partial charge < -0.3 is 15.0 Å². The number of ether oxygens (including phenoxy) is 1. The predicted octanol–water partition coefficient (Wildman–Crippen LogP) is 2.79. The van der Waals surface area contributed by atoms with Crippen LogP contribution in [-0.4, -0.2) is 28.3 Å². The average molecular weight is 287 g/mol. The third kappa shape index (κ3) is 2.58. The minimum absolute atomic E-state index is 0.00156. The normalized spacial score (nSPS) is 19.8. The van der Waals surface area contributed by atoms with Crippen molar-refractivity contribution in [3.63, 3.8) is 0 Å². The molecule has 4 heteroatoms. The molecular weight excluding hydrogens is 262 g/mol. The number of fused-ring (bicyclic) bond motifs is 1. The van der Waals surface area contributed by atoms with E-state index in [1.54, 1.807) is 7.11 Å². The molecule has 3 rings (SSSR count). The van der Waals surface area contributed by atoms with Crippen molar-refractivity contribution in [3.8, 4) is 0 Å². The van der Waals surface area contributed by atoms with Crippen molar-refractivity contribution in [2.24, 2.45) is 12.8 Å². The van der Waals surface area contributed by atoms with Gasteiger partial charge in [-0.25, -0.2) is 4.98 Å². The van der Waals surface area contributed by atoms with E-state index in [9.17, 15) is 0 Å². The van der Waals surface area contributed by atoms with Gasteiger partial charge in [0.1, 0.15) is 5.82 Å². The molecule has 0 saturated heterocycles. The predicted molar refractivity (Wildman–Crippen MR) is 85.2 cm³/mol. The molecule has 1 aliphatic rings. The van der Waals surface area contributed by atoms with Gasteiger partial charge in [-0.1, -0.05) is 31.4 Å². The smallest absolute Gasteiger partial charge is 0.111 e. The number of rotatable bonds is 4. The van der Waals surface area contributed by atoms with Gasteiger partial charge in [0.25, 0.3) is 0 Å². The summed E-state index contributed by atoms with van der Waals surface area (Å²) in [4.78, 5) is 4.74. The Morgan fingerprint density at radius 2 is 2.00 bits per heavy atom. The van der Waals surface area contributed by atoms with E-state index in [0.717, 1.165) is 36.1 Å². The van der Waals surface area contributed by atoms with E-state index in [2.05, 4.69) is 23.7 Å². The number of nitrogens with zero attached hydrogens (tertiary/aromatic N) is 2. The Balaban J connectivity index is 1.85. The lowest BCUT2D eigenvalue weighted by Gasteiger charge is -2.40. The molecule has 0 bridgehead atoms. The third-order valence-corrected chi connectivity index (χ3v) is 5.06. The highest BCUT2D eigenvalue weighted by Crippen LogP contribution is 2.34. The molecule has 1 unspecified atom stereocenters. The van der Waals surface area contributed by atoms with Crippen molar-refractivity contribution in [1.29, 1.82) is 0 Å². The molecule has 0 spiro atoms. The number of hydrogen-bond donors (Lipinski definition) is 1. The lowest BCUT2D eigenvalue weighted by Crippen LogP contribution is -2.52. The van der Waals surface area contributed by atoms with Crippen molar-refractivity contribution >= 4 is 11.0 Å². The van der Waals surface area contributed by atoms with Crippen LogP contribution in [0.25, 0.3) is 11.0 Å². The quantitative estimate of drug-likeness (QED) is 0.940. The first-order chi connectivity index (χ1) is 10.2. The zero-order chi connectivity index (χ0) is 14.9. The monoisotopic (exact) mass is 287 g/mol. The van der Waals surface area contributed by atoms with E-state index >= 15 is 0 Å². The van der Waals surface area contributed by atoms with Gasteiger partial charge in [-0.15, -0.1) is 0 Å². The Morgan fingerprint density at radius 1 is 1.29 bits per heavy atom. The molecule has 2 N–H and O–H groups in total. The lowest BCUT2D eigenvalue weighted by molar-refractivity contribution is -0.0587. The Labute approximate surface area is 126 Å². The van der Waals surface area contributed by atoms with Crippen LogP contribution in [0.4, 0.5) is 0 Å². The maximum absolute atomic E-state index is 6.54. The molecule has 1 aromatic carbocycles. The fraction of sp³-hybridized carbons (Fsp3) is 0.588. The molecule has 21 heavy (non-hydrogen) atoms. The average Bonchev–Trinajstić information content (AvgIpc) is 2.84. The molecule has 1 atom stereocenters. The fourth-order valence-electron chi connectivity index (χ4n) is 3.64. The maximum Gasteiger partial charge on any atom is 0.111 e. The number of imidazole rings is 1. The van der Waals surface area contributed by atoms with Crippen LogP contribution in [-0.2, 0) is 18.2 Å². The highest BCUT2D eigenvalue weighted by Gasteiger charge is 2.38. The van der Waals surface area contributed by atoms with Crippen LogP contribution in [0, 0.1) is 0 Å². The first-order valence-corrected chi connectivity index (χ1v) is 7.87. The molecule has 1 aliphatic carbocycles. The van der Waals surface area contributed by atoms with Crippen LogP contribution < -0.4 is 5.73 Å². The lowest BCUT2D eigenvalue weighted by atomic mass is 9.78. The number of benzene rings is 1. The Bertz CT molecular complexity index is 614. The van der Waals surface area contributed by atoms with Crippen LogP contribution >= 0.6 is 0 Å². The van der Waals surface area contributed by atoms with Gasteiger partial charge >= 0.3 is 0 Å². The Hall–Kier alpha value is -1.39. The first-order valence-electron chi connectivity index (χ1n) is 7.87. The topological polar surface area (TPSA) is 53.1 Å². The van der Waals surface area contributed by atoms with Gasteiger partial charge in [0.05, 0.1) is 16.6 Å². The van der Waals surface area contributed by atoms with E-state index in [-0.39, 0.29) is 11.6 Å². The zero-order valence-electron chi connectivity index (χ0n) is 13.0. The summed E-state index contributed by atoms with van der Waals surface area (Å²) in [6.45, 7) is 0. The number of hydrogen-bond acceptors (Lipinski definition) is 3. The summed E-state index contributed by atoms with van der Waals surface area (Å²) in [7, 11) is 3.87. The molecule has 0 radical (unpaired) electrons. The van der Waals surface area contributed by atoms with Crippen LogP contribution in [0.2, 0.25) is 0 Å². The summed E-state index contributed by atoms with van der Waals surface area (Å²) in [5.74, 6) is 1.05. The maximum atomic E-state index is 6.54. The minimum Gasteiger partial charge on any atom is -0.377 e. The van der Waals surface area contributed by atoms with Crippen LogP contribution in [0.15, 0.2) is 24.3 Å². The Kier molecular flexibility index (Phi) is 4.00. The van der Waals surface area contributed by atoms with E-state index in [1.165, 1.54) is 19.3 Å². The summed E-state index contributed by atoms with van der Waals surface area (Å²) in [6, 6.07) is 8.22. The van der Waals surface area contributed by atoms with E-state index in [4.69, 9.17) is 15.5 Å². The molecule has 1 saturated carbocycles. The van der Waals surface area contributed by atoms with Crippen molar-refractivity contribution < 1.29 is 4.74 Å². The summed E-state index contributed by atoms with van der Waals surface area (Å²) in [5.41, 5.74) is 8.57. The number of aryl methyl sites for hydroxylation is 1. The molecular formula is C17H25N3O. The third-order valence-electron chi connectivity index (χ3n) is 5.06. The number of para-hydroxylation sites is 2. The molecule has 1 aromatic heterocycles. The first kappa shape index (κ1) is 14.5. The van der Waals surface area contributed by atoms with E-state index in [1.807, 2.05) is 12.1 Å². The number of nitrogens with two attached hydrogens (primary N) is 1. The summed E-state index contributed by atoms with van der Waals surface area (Å²) in [5, 5.41) is 0. The highest BCUT2D eigenvalue weighted by molar-refractivity contribution is 5.75. The van der Waals surface area contributed by atoms with Crippen LogP contribution in [0.1, 0.15) is 37.9 Å². The summed E-state index contributed by atoms with van der Waals surface area (Å²) in [6.07, 6.45) is 6.61. The van der Waals surface area contributed by atoms with Crippen molar-refractivity contribution in [1.82, 2.24) is 9.55 Å². The van der Waals surface area contributed by atoms with E-state index < -0.39 is 0 Å². The molecule has 1 heterocycles. The van der Waals surface area contributed by atoms with E-state index in [0.29, 0.717) is 0 Å². The summed E-state index contributed by atoms with van der Waals surface area (Å²) >= 11 is 0. The molecule has 2 aromatic rings. The largest absolute Gasteiger partial charge is 0.377 e. The second-order valence-electron chi connectivity index (χ2n) is 6.22. The second-order valence-corrected chi connectivity index (χ2v) is 6.22. The highest BCUT2D eigenvalue weighted by atomic mass is 16.5. The van der Waals surface area contributed by atoms with Gasteiger partial charge in [0.2, 0.25) is 0 Å². The molecule has 0 amide bonds. The van der Waals surface area contributed by atoms with Gasteiger partial charge in [-0.3, -0.25) is 0 Å². The van der Waals surface area contributed by atoms with Crippen molar-refractivity contribution in [2.75, 3.05) is 7.11 Å². The van der Waals surface area contributed by atoms with Crippen LogP contribution in [0.5, 0.6) is 0 Å². The zero-order valence-corrected chi connectivity index (χ0v) is 13.0. The van der Waals surface area contributed by atoms with Gasteiger partial charge in [-0.2, -0.15) is 0 Å². The standard InChI is InChI=1S/C17H25N3O/c1-20-14-9-5-4-8-13(14)19-16(20)12-15(18)17(21-2)10-6-3-7-11-17/h4-5,8-9,15H,3,6-7,10-12,18H2,1-2H3. The fourth-order valence-corrected chi connectivity index (χ4v) is 3.64. The molecule has 1 fully saturated rings. The van der Waals surface area contributed by atoms with Gasteiger partial charge in [0.15, 0.2) is 0 Å². The van der Waals surface area contributed by atoms with Gasteiger partial charge in [0, 0.05) is 26.6 Å². The summed E-state index contributed by atoms with van der Waals surface area (Å²) < 4.78 is 8.02. The number of methoxy groups -OCH3 is 1. The Morgan fingerprint density at radius 3 is 2.67 bits per heavy atom. The number of aromatic nitrogens is 2. The molecule has 4 nitrogen and oxygen atoms in total. The van der Waals surface area contributed by atoms with Gasteiger partial charge in [-0.05, 0) is 25.0 Å². The molecule has 114 valence electrons. The second kappa shape index (κ2) is 5.78. The molecule has 0 aliphatic heterocycles. The minimum atomic E-state index is -0.170. The van der Waals surface area contributed by atoms with Crippen LogP contribution in [0.3, 0.4) is 0 Å². The van der Waals surface area contributed by atoms with Crippen molar-refractivity contribution in [3.05, 3.63) is 30.1 Å².